The van der Waals surface area contributed by atoms with Gasteiger partial charge in [0.05, 0.1) is 0 Å². The Hall–Kier alpha value is -2.50. The van der Waals surface area contributed by atoms with Crippen molar-refractivity contribution >= 4 is 11.8 Å². The summed E-state index contributed by atoms with van der Waals surface area (Å²) < 4.78 is 6.28. The molecule has 0 unspecified atom stereocenters. The predicted molar refractivity (Wildman–Crippen MR) is 62.5 cm³/mol. The van der Waals surface area contributed by atoms with Gasteiger partial charge in [-0.25, -0.2) is 0 Å². The number of nitrogens with zero attached hydrogens (tertiary/aromatic N) is 3. The van der Waals surface area contributed by atoms with Gasteiger partial charge in [-0.1, -0.05) is 18.2 Å². The summed E-state index contributed by atoms with van der Waals surface area (Å²) in [4.78, 5) is 25.9. The summed E-state index contributed by atoms with van der Waals surface area (Å²) in [5.74, 6) is -0.590. The molecule has 0 radical (unpaired) electrons. The van der Waals surface area contributed by atoms with Gasteiger partial charge in [-0.2, -0.15) is 4.99 Å². The van der Waals surface area contributed by atoms with Crippen LogP contribution in [0.25, 0.3) is 11.5 Å². The number of carbonyl (C=O) groups excluding carboxylic acids is 2. The van der Waals surface area contributed by atoms with Crippen molar-refractivity contribution in [3.05, 3.63) is 36.0 Å². The monoisotopic (exact) mass is 245 g/mol. The lowest BCUT2D eigenvalue weighted by atomic mass is 10.2. The summed E-state index contributed by atoms with van der Waals surface area (Å²) in [5.41, 5.74) is 0.589. The maximum Gasteiger partial charge on any atom is 0.330 e. The van der Waals surface area contributed by atoms with Crippen LogP contribution in [0.3, 0.4) is 0 Å². The van der Waals surface area contributed by atoms with Gasteiger partial charge in [0, 0.05) is 19.4 Å². The van der Waals surface area contributed by atoms with Crippen LogP contribution in [0.5, 0.6) is 0 Å². The predicted octanol–water partition coefficient (Wildman–Crippen LogP) is 1.25. The third-order valence-electron chi connectivity index (χ3n) is 2.13. The first kappa shape index (κ1) is 12.0. The van der Waals surface area contributed by atoms with E-state index in [0.29, 0.717) is 5.56 Å². The Labute approximate surface area is 103 Å². The molecule has 0 aliphatic rings. The molecule has 1 aromatic heterocycles. The second-order valence-corrected chi connectivity index (χ2v) is 3.62. The van der Waals surface area contributed by atoms with Crippen LogP contribution in [0.4, 0.5) is 0 Å². The molecule has 0 N–H and O–H groups in total. The molecule has 0 bridgehead atoms. The molecule has 6 nitrogen and oxygen atoms in total. The molecule has 2 aromatic rings. The molecular weight excluding hydrogens is 234 g/mol. The molecule has 18 heavy (non-hydrogen) atoms. The fraction of sp³-hybridized carbons (Fsp3) is 0.167. The number of carbonyl (C=O) groups is 2. The van der Waals surface area contributed by atoms with Crippen LogP contribution in [0, 0.1) is 0 Å². The molecule has 6 heteroatoms. The van der Waals surface area contributed by atoms with Crippen molar-refractivity contribution < 1.29 is 14.0 Å². The first-order valence-corrected chi connectivity index (χ1v) is 5.30. The zero-order valence-corrected chi connectivity index (χ0v) is 9.95. The van der Waals surface area contributed by atoms with Gasteiger partial charge >= 0.3 is 5.68 Å². The van der Waals surface area contributed by atoms with E-state index in [1.54, 1.807) is 12.1 Å². The van der Waals surface area contributed by atoms with E-state index < -0.39 is 5.91 Å². The summed E-state index contributed by atoms with van der Waals surface area (Å²) in [6, 6.07) is 9.06. The van der Waals surface area contributed by atoms with E-state index >= 15 is 0 Å². The quantitative estimate of drug-likeness (QED) is 0.757. The maximum atomic E-state index is 11.4. The van der Waals surface area contributed by atoms with E-state index in [-0.39, 0.29) is 17.5 Å². The lowest BCUT2D eigenvalue weighted by molar-refractivity contribution is -0.116. The number of hydrogen-bond donors (Lipinski definition) is 0. The molecule has 0 saturated carbocycles. The minimum Gasteiger partial charge on any atom is -0.403 e. The van der Waals surface area contributed by atoms with E-state index in [4.69, 9.17) is 4.42 Å². The highest BCUT2D eigenvalue weighted by atomic mass is 16.4. The van der Waals surface area contributed by atoms with Crippen molar-refractivity contribution in [1.29, 1.82) is 0 Å². The maximum absolute atomic E-state index is 11.4. The summed E-state index contributed by atoms with van der Waals surface area (Å²) in [6.07, 6.45) is 0. The third-order valence-corrected chi connectivity index (χ3v) is 2.13. The Morgan fingerprint density at radius 3 is 2.44 bits per heavy atom. The van der Waals surface area contributed by atoms with Crippen molar-refractivity contribution in [2.45, 2.75) is 13.8 Å². The SMILES string of the molecule is CC(=O)N=c1oc(-c2ccccc2)nn1C(C)=O. The first-order chi connectivity index (χ1) is 8.58. The second kappa shape index (κ2) is 4.79. The number of hydrogen-bond acceptors (Lipinski definition) is 4. The van der Waals surface area contributed by atoms with Gasteiger partial charge in [-0.15, -0.1) is 9.78 Å². The van der Waals surface area contributed by atoms with E-state index in [2.05, 4.69) is 10.1 Å². The molecule has 2 rings (SSSR count). The van der Waals surface area contributed by atoms with Gasteiger partial charge in [0.1, 0.15) is 0 Å². The summed E-state index contributed by atoms with van der Waals surface area (Å²) in [7, 11) is 0. The van der Waals surface area contributed by atoms with Gasteiger partial charge in [-0.3, -0.25) is 9.59 Å². The molecule has 1 heterocycles. The highest BCUT2D eigenvalue weighted by Crippen LogP contribution is 2.13. The van der Waals surface area contributed by atoms with Gasteiger partial charge in [0.25, 0.3) is 0 Å². The minimum atomic E-state index is -0.458. The molecule has 0 aliphatic heterocycles. The Morgan fingerprint density at radius 1 is 1.22 bits per heavy atom. The zero-order chi connectivity index (χ0) is 13.1. The second-order valence-electron chi connectivity index (χ2n) is 3.62. The summed E-state index contributed by atoms with van der Waals surface area (Å²) in [5, 5.41) is 3.99. The topological polar surface area (TPSA) is 77.5 Å². The molecular formula is C12H11N3O3. The standard InChI is InChI=1S/C12H11N3O3/c1-8(16)13-12-15(9(2)17)14-11(18-12)10-6-4-3-5-7-10/h3-7H,1-2H3. The van der Waals surface area contributed by atoms with Crippen LogP contribution in [-0.2, 0) is 4.79 Å². The molecule has 0 spiro atoms. The Kier molecular flexibility index (Phi) is 3.18. The van der Waals surface area contributed by atoms with Crippen LogP contribution in [0.1, 0.15) is 18.6 Å². The molecule has 0 atom stereocenters. The Morgan fingerprint density at radius 2 is 1.89 bits per heavy atom. The van der Waals surface area contributed by atoms with Crippen molar-refractivity contribution in [3.8, 4) is 11.5 Å². The minimum absolute atomic E-state index is 0.117. The number of aromatic nitrogens is 2. The highest BCUT2D eigenvalue weighted by molar-refractivity contribution is 5.76. The lowest BCUT2D eigenvalue weighted by Gasteiger charge is -1.91. The zero-order valence-electron chi connectivity index (χ0n) is 9.95. The van der Waals surface area contributed by atoms with Gasteiger partial charge < -0.3 is 4.42 Å². The van der Waals surface area contributed by atoms with E-state index in [0.717, 1.165) is 4.68 Å². The molecule has 0 fully saturated rings. The van der Waals surface area contributed by atoms with Crippen LogP contribution in [0.15, 0.2) is 39.7 Å². The van der Waals surface area contributed by atoms with Crippen LogP contribution in [-0.4, -0.2) is 21.6 Å². The van der Waals surface area contributed by atoms with Crippen LogP contribution >= 0.6 is 0 Å². The first-order valence-electron chi connectivity index (χ1n) is 5.30. The van der Waals surface area contributed by atoms with Crippen molar-refractivity contribution in [2.75, 3.05) is 0 Å². The average molecular weight is 245 g/mol. The fourth-order valence-electron chi connectivity index (χ4n) is 1.39. The van der Waals surface area contributed by atoms with Crippen molar-refractivity contribution in [1.82, 2.24) is 9.78 Å². The van der Waals surface area contributed by atoms with Gasteiger partial charge in [0.2, 0.25) is 17.7 Å². The number of benzene rings is 1. The fourth-order valence-corrected chi connectivity index (χ4v) is 1.39. The largest absolute Gasteiger partial charge is 0.403 e. The highest BCUT2D eigenvalue weighted by Gasteiger charge is 2.12. The van der Waals surface area contributed by atoms with Crippen molar-refractivity contribution in [3.63, 3.8) is 0 Å². The average Bonchev–Trinajstić information content (AvgIpc) is 2.73. The number of rotatable bonds is 1. The third kappa shape index (κ3) is 2.42. The Bertz CT molecular complexity index is 653. The van der Waals surface area contributed by atoms with Gasteiger partial charge in [0.15, 0.2) is 0 Å². The Balaban J connectivity index is 2.60. The summed E-state index contributed by atoms with van der Waals surface area (Å²) >= 11 is 0. The molecule has 1 amide bonds. The van der Waals surface area contributed by atoms with Crippen LogP contribution < -0.4 is 5.68 Å². The molecule has 92 valence electrons. The lowest BCUT2D eigenvalue weighted by Crippen LogP contribution is -2.23. The summed E-state index contributed by atoms with van der Waals surface area (Å²) in [6.45, 7) is 2.59. The normalized spacial score (nSPS) is 11.6. The molecule has 0 aliphatic carbocycles. The van der Waals surface area contributed by atoms with E-state index in [1.165, 1.54) is 13.8 Å². The van der Waals surface area contributed by atoms with E-state index in [1.807, 2.05) is 18.2 Å². The molecule has 1 aromatic carbocycles. The van der Waals surface area contributed by atoms with Crippen LogP contribution in [0.2, 0.25) is 0 Å². The number of amides is 1. The molecule has 0 saturated heterocycles. The van der Waals surface area contributed by atoms with Crippen molar-refractivity contribution in [2.24, 2.45) is 4.99 Å². The van der Waals surface area contributed by atoms with E-state index in [9.17, 15) is 9.59 Å². The smallest absolute Gasteiger partial charge is 0.330 e. The van der Waals surface area contributed by atoms with Gasteiger partial charge in [-0.05, 0) is 12.1 Å².